The zero-order valence-corrected chi connectivity index (χ0v) is 16.3. The van der Waals surface area contributed by atoms with Gasteiger partial charge in [-0.05, 0) is 64.5 Å². The highest BCUT2D eigenvalue weighted by Gasteiger charge is 2.30. The first kappa shape index (κ1) is 19.3. The molecule has 0 aliphatic rings. The maximum atomic E-state index is 12.6. The molecule has 3 aromatic rings. The van der Waals surface area contributed by atoms with Crippen LogP contribution in [0.25, 0.3) is 5.65 Å². The SMILES string of the molecule is CN(C(=S)NN=Cc1cnc2ccc(Br)cn12)c1ccc(C(F)(F)F)cc1. The number of nitrogens with zero attached hydrogens (tertiary/aromatic N) is 4. The van der Waals surface area contributed by atoms with Gasteiger partial charge in [-0.3, -0.25) is 9.83 Å². The fourth-order valence-electron chi connectivity index (χ4n) is 2.29. The lowest BCUT2D eigenvalue weighted by Crippen LogP contribution is -2.34. The summed E-state index contributed by atoms with van der Waals surface area (Å²) < 4.78 is 40.6. The van der Waals surface area contributed by atoms with Crippen LogP contribution < -0.4 is 10.3 Å². The van der Waals surface area contributed by atoms with Gasteiger partial charge in [0.1, 0.15) is 5.65 Å². The number of hydrazone groups is 1. The smallest absolute Gasteiger partial charge is 0.321 e. The van der Waals surface area contributed by atoms with Crippen molar-refractivity contribution >= 4 is 50.8 Å². The molecule has 0 aliphatic carbocycles. The zero-order valence-electron chi connectivity index (χ0n) is 13.9. The summed E-state index contributed by atoms with van der Waals surface area (Å²) in [6, 6.07) is 8.46. The Balaban J connectivity index is 1.67. The lowest BCUT2D eigenvalue weighted by molar-refractivity contribution is -0.137. The Morgan fingerprint density at radius 3 is 2.63 bits per heavy atom. The summed E-state index contributed by atoms with van der Waals surface area (Å²) in [4.78, 5) is 5.78. The predicted octanol–water partition coefficient (Wildman–Crippen LogP) is 4.46. The second-order valence-electron chi connectivity index (χ2n) is 5.54. The highest BCUT2D eigenvalue weighted by Crippen LogP contribution is 2.30. The number of hydrogen-bond donors (Lipinski definition) is 1. The van der Waals surface area contributed by atoms with E-state index < -0.39 is 11.7 Å². The fourth-order valence-corrected chi connectivity index (χ4v) is 2.78. The number of rotatable bonds is 3. The van der Waals surface area contributed by atoms with Gasteiger partial charge in [0.2, 0.25) is 0 Å². The summed E-state index contributed by atoms with van der Waals surface area (Å²) in [5.41, 5.74) is 3.99. The number of hydrogen-bond acceptors (Lipinski definition) is 3. The number of pyridine rings is 1. The predicted molar refractivity (Wildman–Crippen MR) is 106 cm³/mol. The molecule has 0 fully saturated rings. The van der Waals surface area contributed by atoms with Crippen LogP contribution in [0.4, 0.5) is 18.9 Å². The third kappa shape index (κ3) is 4.45. The summed E-state index contributed by atoms with van der Waals surface area (Å²) in [6.07, 6.45) is 0.703. The molecule has 0 atom stereocenters. The highest BCUT2D eigenvalue weighted by molar-refractivity contribution is 9.10. The van der Waals surface area contributed by atoms with E-state index in [9.17, 15) is 13.2 Å². The van der Waals surface area contributed by atoms with Gasteiger partial charge in [0.25, 0.3) is 0 Å². The van der Waals surface area contributed by atoms with E-state index in [1.807, 2.05) is 22.7 Å². The van der Waals surface area contributed by atoms with Crippen molar-refractivity contribution in [3.63, 3.8) is 0 Å². The van der Waals surface area contributed by atoms with Crippen LogP contribution in [0, 0.1) is 0 Å². The number of fused-ring (bicyclic) bond motifs is 1. The first-order valence-electron chi connectivity index (χ1n) is 7.62. The normalized spacial score (nSPS) is 11.9. The van der Waals surface area contributed by atoms with Crippen LogP contribution in [0.1, 0.15) is 11.3 Å². The molecule has 0 amide bonds. The van der Waals surface area contributed by atoms with Gasteiger partial charge in [-0.25, -0.2) is 4.98 Å². The number of nitrogens with one attached hydrogen (secondary N) is 1. The zero-order chi connectivity index (χ0) is 19.6. The molecule has 3 rings (SSSR count). The molecule has 140 valence electrons. The van der Waals surface area contributed by atoms with E-state index in [-0.39, 0.29) is 5.11 Å². The Kier molecular flexibility index (Phi) is 5.47. The summed E-state index contributed by atoms with van der Waals surface area (Å²) in [7, 11) is 1.64. The van der Waals surface area contributed by atoms with E-state index in [0.717, 1.165) is 27.9 Å². The topological polar surface area (TPSA) is 44.9 Å². The number of aromatic nitrogens is 2. The summed E-state index contributed by atoms with van der Waals surface area (Å²) >= 11 is 8.62. The minimum atomic E-state index is -4.37. The minimum Gasteiger partial charge on any atom is -0.321 e. The number of anilines is 1. The average molecular weight is 456 g/mol. The van der Waals surface area contributed by atoms with Crippen molar-refractivity contribution in [2.75, 3.05) is 11.9 Å². The van der Waals surface area contributed by atoms with E-state index >= 15 is 0 Å². The van der Waals surface area contributed by atoms with Gasteiger partial charge in [-0.1, -0.05) is 0 Å². The minimum absolute atomic E-state index is 0.237. The van der Waals surface area contributed by atoms with Crippen molar-refractivity contribution < 1.29 is 13.2 Å². The Labute approximate surface area is 166 Å². The van der Waals surface area contributed by atoms with Gasteiger partial charge in [-0.2, -0.15) is 18.3 Å². The summed E-state index contributed by atoms with van der Waals surface area (Å²) in [6.45, 7) is 0. The quantitative estimate of drug-likeness (QED) is 0.359. The van der Waals surface area contributed by atoms with Crippen molar-refractivity contribution in [1.82, 2.24) is 14.8 Å². The fraction of sp³-hybridized carbons (Fsp3) is 0.118. The molecule has 0 spiro atoms. The molecule has 27 heavy (non-hydrogen) atoms. The van der Waals surface area contributed by atoms with Gasteiger partial charge in [0.15, 0.2) is 5.11 Å². The third-order valence-corrected chi connectivity index (χ3v) is 4.58. The second-order valence-corrected chi connectivity index (χ2v) is 6.84. The van der Waals surface area contributed by atoms with Crippen LogP contribution in [0.5, 0.6) is 0 Å². The van der Waals surface area contributed by atoms with Gasteiger partial charge < -0.3 is 4.90 Å². The van der Waals surface area contributed by atoms with E-state index in [1.165, 1.54) is 17.0 Å². The molecular formula is C17H13BrF3N5S. The molecule has 1 N–H and O–H groups in total. The summed E-state index contributed by atoms with van der Waals surface area (Å²) in [5.74, 6) is 0. The molecule has 0 bridgehead atoms. The molecule has 0 saturated heterocycles. The number of benzene rings is 1. The molecule has 5 nitrogen and oxygen atoms in total. The molecule has 2 heterocycles. The van der Waals surface area contributed by atoms with Gasteiger partial charge >= 0.3 is 6.18 Å². The Morgan fingerprint density at radius 1 is 1.26 bits per heavy atom. The Hall–Kier alpha value is -2.46. The largest absolute Gasteiger partial charge is 0.416 e. The van der Waals surface area contributed by atoms with Gasteiger partial charge in [0, 0.05) is 23.4 Å². The molecule has 0 unspecified atom stereocenters. The van der Waals surface area contributed by atoms with Crippen LogP contribution in [-0.2, 0) is 6.18 Å². The second kappa shape index (κ2) is 7.65. The maximum absolute atomic E-state index is 12.6. The highest BCUT2D eigenvalue weighted by atomic mass is 79.9. The third-order valence-electron chi connectivity index (χ3n) is 3.74. The van der Waals surface area contributed by atoms with Crippen molar-refractivity contribution in [3.8, 4) is 0 Å². The first-order valence-corrected chi connectivity index (χ1v) is 8.82. The summed E-state index contributed by atoms with van der Waals surface area (Å²) in [5, 5.41) is 4.32. The van der Waals surface area contributed by atoms with Crippen LogP contribution in [-0.4, -0.2) is 27.8 Å². The van der Waals surface area contributed by atoms with Crippen LogP contribution in [0.3, 0.4) is 0 Å². The number of imidazole rings is 1. The van der Waals surface area contributed by atoms with Crippen molar-refractivity contribution in [3.05, 3.63) is 64.5 Å². The molecule has 10 heteroatoms. The van der Waals surface area contributed by atoms with E-state index in [2.05, 4.69) is 31.4 Å². The van der Waals surface area contributed by atoms with Crippen LogP contribution in [0.15, 0.2) is 58.4 Å². The number of alkyl halides is 3. The lowest BCUT2D eigenvalue weighted by Gasteiger charge is -2.19. The number of halogens is 4. The monoisotopic (exact) mass is 455 g/mol. The van der Waals surface area contributed by atoms with E-state index in [0.29, 0.717) is 5.69 Å². The van der Waals surface area contributed by atoms with Gasteiger partial charge in [0.05, 0.1) is 23.7 Å². The molecule has 0 radical (unpaired) electrons. The Bertz CT molecular complexity index is 998. The van der Waals surface area contributed by atoms with Crippen LogP contribution >= 0.6 is 28.1 Å². The molecule has 1 aromatic carbocycles. The number of thiocarbonyl (C=S) groups is 1. The first-order chi connectivity index (χ1) is 12.8. The molecule has 0 saturated carbocycles. The van der Waals surface area contributed by atoms with Gasteiger partial charge in [-0.15, -0.1) is 0 Å². The average Bonchev–Trinajstić information content (AvgIpc) is 3.02. The molecule has 0 aliphatic heterocycles. The van der Waals surface area contributed by atoms with Crippen molar-refractivity contribution in [2.45, 2.75) is 6.18 Å². The lowest BCUT2D eigenvalue weighted by atomic mass is 10.2. The van der Waals surface area contributed by atoms with Crippen LogP contribution in [0.2, 0.25) is 0 Å². The van der Waals surface area contributed by atoms with E-state index in [4.69, 9.17) is 12.2 Å². The van der Waals surface area contributed by atoms with Crippen molar-refractivity contribution in [2.24, 2.45) is 5.10 Å². The molecule has 2 aromatic heterocycles. The van der Waals surface area contributed by atoms with Crippen molar-refractivity contribution in [1.29, 1.82) is 0 Å². The molecular weight excluding hydrogens is 443 g/mol. The van der Waals surface area contributed by atoms with E-state index in [1.54, 1.807) is 19.5 Å². The maximum Gasteiger partial charge on any atom is 0.416 e. The Morgan fingerprint density at radius 2 is 1.96 bits per heavy atom. The standard InChI is InChI=1S/C17H13BrF3N5S/c1-25(13-5-2-11(3-6-13)17(19,20)21)16(27)24-23-9-14-8-22-15-7-4-12(18)10-26(14)15/h2-10H,1H3,(H,24,27).